The Bertz CT molecular complexity index is 646. The zero-order valence-corrected chi connectivity index (χ0v) is 18.8. The van der Waals surface area contributed by atoms with E-state index in [2.05, 4.69) is 66.7 Å². The quantitative estimate of drug-likeness (QED) is 0.654. The number of amides is 1. The Morgan fingerprint density at radius 3 is 2.35 bits per heavy atom. The van der Waals surface area contributed by atoms with Gasteiger partial charge in [0.15, 0.2) is 0 Å². The van der Waals surface area contributed by atoms with Crippen LogP contribution in [0, 0.1) is 0 Å². The van der Waals surface area contributed by atoms with E-state index in [1.54, 1.807) is 0 Å². The van der Waals surface area contributed by atoms with Crippen molar-refractivity contribution < 1.29 is 9.53 Å². The van der Waals surface area contributed by atoms with Crippen molar-refractivity contribution in [3.63, 3.8) is 0 Å². The van der Waals surface area contributed by atoms with E-state index >= 15 is 0 Å². The number of benzene rings is 1. The molecule has 1 heterocycles. The summed E-state index contributed by atoms with van der Waals surface area (Å²) in [5.41, 5.74) is 2.32. The van der Waals surface area contributed by atoms with E-state index in [1.165, 1.54) is 11.1 Å². The fourth-order valence-electron chi connectivity index (χ4n) is 3.20. The summed E-state index contributed by atoms with van der Waals surface area (Å²) >= 11 is 3.65. The van der Waals surface area contributed by atoms with Gasteiger partial charge >= 0.3 is 6.09 Å². The molecule has 0 radical (unpaired) electrons. The topological polar surface area (TPSA) is 32.8 Å². The molecular formula is C21H33BrN2O2. The number of hydrogen-bond acceptors (Lipinski definition) is 3. The monoisotopic (exact) mass is 424 g/mol. The van der Waals surface area contributed by atoms with Gasteiger partial charge in [0.25, 0.3) is 0 Å². The van der Waals surface area contributed by atoms with E-state index < -0.39 is 5.60 Å². The second-order valence-corrected chi connectivity index (χ2v) is 10.3. The van der Waals surface area contributed by atoms with Gasteiger partial charge in [-0.05, 0) is 56.4 Å². The maximum absolute atomic E-state index is 12.4. The lowest BCUT2D eigenvalue weighted by Crippen LogP contribution is -2.54. The predicted octanol–water partition coefficient (Wildman–Crippen LogP) is 5.19. The van der Waals surface area contributed by atoms with Crippen LogP contribution in [0.25, 0.3) is 0 Å². The molecule has 1 aromatic carbocycles. The Labute approximate surface area is 167 Å². The van der Waals surface area contributed by atoms with Gasteiger partial charge in [0, 0.05) is 36.7 Å². The molecule has 1 amide bonds. The molecule has 0 N–H and O–H groups in total. The van der Waals surface area contributed by atoms with Crippen molar-refractivity contribution in [3.05, 3.63) is 33.8 Å². The fraction of sp³-hybridized carbons (Fsp3) is 0.667. The molecule has 0 aliphatic carbocycles. The van der Waals surface area contributed by atoms with Crippen LogP contribution in [0.5, 0.6) is 0 Å². The lowest BCUT2D eigenvalue weighted by molar-refractivity contribution is 0.000556. The lowest BCUT2D eigenvalue weighted by Gasteiger charge is -2.40. The summed E-state index contributed by atoms with van der Waals surface area (Å²) in [5, 5.41) is 0. The zero-order chi connectivity index (χ0) is 19.7. The van der Waals surface area contributed by atoms with Gasteiger partial charge in [-0.15, -0.1) is 0 Å². The van der Waals surface area contributed by atoms with Crippen molar-refractivity contribution in [2.24, 2.45) is 0 Å². The van der Waals surface area contributed by atoms with Gasteiger partial charge in [-0.2, -0.15) is 0 Å². The Balaban J connectivity index is 2.02. The summed E-state index contributed by atoms with van der Waals surface area (Å²) in [7, 11) is 0. The minimum Gasteiger partial charge on any atom is -0.444 e. The van der Waals surface area contributed by atoms with Crippen molar-refractivity contribution >= 4 is 22.0 Å². The number of carbonyl (C=O) groups excluding carboxylic acids is 1. The third-order valence-corrected chi connectivity index (χ3v) is 5.03. The second-order valence-electron chi connectivity index (χ2n) is 9.36. The predicted molar refractivity (Wildman–Crippen MR) is 111 cm³/mol. The summed E-state index contributed by atoms with van der Waals surface area (Å²) in [5.74, 6) is 0. The van der Waals surface area contributed by atoms with Gasteiger partial charge in [0.05, 0.1) is 0 Å². The van der Waals surface area contributed by atoms with E-state index in [4.69, 9.17) is 4.74 Å². The molecule has 0 aromatic heterocycles. The number of halogens is 1. The van der Waals surface area contributed by atoms with E-state index in [9.17, 15) is 4.79 Å². The number of carbonyl (C=O) groups is 1. The average Bonchev–Trinajstić information content (AvgIpc) is 2.43. The van der Waals surface area contributed by atoms with Gasteiger partial charge in [-0.25, -0.2) is 4.79 Å². The van der Waals surface area contributed by atoms with Crippen LogP contribution in [0.3, 0.4) is 0 Å². The van der Waals surface area contributed by atoms with Crippen LogP contribution >= 0.6 is 15.9 Å². The molecule has 146 valence electrons. The smallest absolute Gasteiger partial charge is 0.410 e. The Hall–Kier alpha value is -1.07. The van der Waals surface area contributed by atoms with Crippen molar-refractivity contribution in [1.82, 2.24) is 9.80 Å². The molecule has 2 rings (SSSR count). The van der Waals surface area contributed by atoms with Gasteiger partial charge < -0.3 is 9.64 Å². The fourth-order valence-corrected chi connectivity index (χ4v) is 3.74. The SMILES string of the molecule is C[C@@H]1CN(Cc2cc(Br)cc(C(C)(C)C)c2)CCN1C(=O)OC(C)(C)C. The molecule has 5 heteroatoms. The van der Waals surface area contributed by atoms with Crippen LogP contribution in [0.4, 0.5) is 4.79 Å². The summed E-state index contributed by atoms with van der Waals surface area (Å²) in [6.45, 7) is 17.9. The van der Waals surface area contributed by atoms with Crippen molar-refractivity contribution in [2.45, 2.75) is 72.1 Å². The van der Waals surface area contributed by atoms with Crippen LogP contribution in [-0.2, 0) is 16.7 Å². The molecule has 1 aliphatic rings. The number of ether oxygens (including phenoxy) is 1. The van der Waals surface area contributed by atoms with Crippen molar-refractivity contribution in [2.75, 3.05) is 19.6 Å². The van der Waals surface area contributed by atoms with Crippen LogP contribution in [0.2, 0.25) is 0 Å². The number of rotatable bonds is 2. The first kappa shape index (κ1) is 21.2. The van der Waals surface area contributed by atoms with Crippen LogP contribution in [0.15, 0.2) is 22.7 Å². The molecule has 26 heavy (non-hydrogen) atoms. The van der Waals surface area contributed by atoms with Gasteiger partial charge in [-0.1, -0.05) is 42.8 Å². The van der Waals surface area contributed by atoms with Gasteiger partial charge in [-0.3, -0.25) is 4.90 Å². The van der Waals surface area contributed by atoms with Crippen LogP contribution in [0.1, 0.15) is 59.6 Å². The third-order valence-electron chi connectivity index (χ3n) is 4.57. The first-order valence-electron chi connectivity index (χ1n) is 9.37. The minimum absolute atomic E-state index is 0.126. The Morgan fingerprint density at radius 2 is 1.81 bits per heavy atom. The maximum Gasteiger partial charge on any atom is 0.410 e. The average molecular weight is 425 g/mol. The van der Waals surface area contributed by atoms with Crippen molar-refractivity contribution in [3.8, 4) is 0 Å². The number of piperazine rings is 1. The summed E-state index contributed by atoms with van der Waals surface area (Å²) in [6.07, 6.45) is -0.206. The Morgan fingerprint density at radius 1 is 1.15 bits per heavy atom. The largest absolute Gasteiger partial charge is 0.444 e. The lowest BCUT2D eigenvalue weighted by atomic mass is 9.86. The standard InChI is InChI=1S/C21H33BrN2O2/c1-15-13-23(8-9-24(15)19(25)26-21(5,6)7)14-16-10-17(20(2,3)4)12-18(22)11-16/h10-12,15H,8-9,13-14H2,1-7H3/t15-/m1/s1. The van der Waals surface area contributed by atoms with Gasteiger partial charge in [0.1, 0.15) is 5.60 Å². The molecule has 0 spiro atoms. The highest BCUT2D eigenvalue weighted by Gasteiger charge is 2.30. The first-order chi connectivity index (χ1) is 11.8. The highest BCUT2D eigenvalue weighted by Crippen LogP contribution is 2.27. The van der Waals surface area contributed by atoms with Crippen molar-refractivity contribution in [1.29, 1.82) is 0 Å². The maximum atomic E-state index is 12.4. The zero-order valence-electron chi connectivity index (χ0n) is 17.2. The number of nitrogens with zero attached hydrogens (tertiary/aromatic N) is 2. The molecule has 1 aromatic rings. The van der Waals surface area contributed by atoms with E-state index in [1.807, 2.05) is 25.7 Å². The highest BCUT2D eigenvalue weighted by molar-refractivity contribution is 9.10. The normalized spacial score (nSPS) is 19.5. The molecule has 1 atom stereocenters. The van der Waals surface area contributed by atoms with Crippen LogP contribution in [-0.4, -0.2) is 47.2 Å². The molecule has 1 saturated heterocycles. The molecule has 1 fully saturated rings. The third kappa shape index (κ3) is 5.98. The summed E-state index contributed by atoms with van der Waals surface area (Å²) in [4.78, 5) is 16.6. The van der Waals surface area contributed by atoms with Gasteiger partial charge in [0.2, 0.25) is 0 Å². The molecule has 1 aliphatic heterocycles. The first-order valence-corrected chi connectivity index (χ1v) is 10.2. The highest BCUT2D eigenvalue weighted by atomic mass is 79.9. The van der Waals surface area contributed by atoms with Crippen LogP contribution < -0.4 is 0 Å². The van der Waals surface area contributed by atoms with E-state index in [-0.39, 0.29) is 17.6 Å². The molecular weight excluding hydrogens is 392 g/mol. The Kier molecular flexibility index (Phi) is 6.44. The molecule has 0 bridgehead atoms. The van der Waals surface area contributed by atoms with E-state index in [0.717, 1.165) is 24.1 Å². The second kappa shape index (κ2) is 7.89. The minimum atomic E-state index is -0.451. The molecule has 4 nitrogen and oxygen atoms in total. The summed E-state index contributed by atoms with van der Waals surface area (Å²) in [6, 6.07) is 6.84. The molecule has 0 saturated carbocycles. The summed E-state index contributed by atoms with van der Waals surface area (Å²) < 4.78 is 6.66. The molecule has 0 unspecified atom stereocenters. The van der Waals surface area contributed by atoms with E-state index in [0.29, 0.717) is 6.54 Å². The number of hydrogen-bond donors (Lipinski definition) is 0.